The molecule has 3 heteroatoms. The molecule has 2 rings (SSSR count). The number of aromatic nitrogens is 1. The summed E-state index contributed by atoms with van der Waals surface area (Å²) in [5, 5.41) is 3.43. The van der Waals surface area contributed by atoms with Gasteiger partial charge in [0.2, 0.25) is 0 Å². The third-order valence-corrected chi connectivity index (χ3v) is 3.60. The molecule has 0 amide bonds. The third kappa shape index (κ3) is 2.72. The maximum Gasteiger partial charge on any atom is 0.0549 e. The van der Waals surface area contributed by atoms with Crippen molar-refractivity contribution in [1.29, 1.82) is 0 Å². The van der Waals surface area contributed by atoms with Crippen LogP contribution in [0.4, 0.5) is 0 Å². The monoisotopic (exact) mass is 235 g/mol. The first kappa shape index (κ1) is 12.7. The lowest BCUT2D eigenvalue weighted by atomic mass is 9.83. The Kier molecular flexibility index (Phi) is 3.59. The van der Waals surface area contributed by atoms with Gasteiger partial charge in [-0.25, -0.2) is 0 Å². The Balaban J connectivity index is 2.28. The zero-order valence-corrected chi connectivity index (χ0v) is 11.5. The van der Waals surface area contributed by atoms with Crippen LogP contribution in [-0.2, 0) is 7.05 Å². The molecule has 1 atom stereocenters. The summed E-state index contributed by atoms with van der Waals surface area (Å²) < 4.78 is 2.26. The van der Waals surface area contributed by atoms with Gasteiger partial charge in [0.1, 0.15) is 0 Å². The van der Waals surface area contributed by atoms with E-state index in [1.165, 1.54) is 5.69 Å². The minimum absolute atomic E-state index is 0.267. The molecule has 0 radical (unpaired) electrons. The van der Waals surface area contributed by atoms with E-state index in [0.29, 0.717) is 6.04 Å². The molecule has 1 N–H and O–H groups in total. The number of nitrogens with one attached hydrogen (secondary N) is 1. The van der Waals surface area contributed by atoms with Crippen LogP contribution in [0.15, 0.2) is 18.3 Å². The third-order valence-electron chi connectivity index (χ3n) is 3.60. The van der Waals surface area contributed by atoms with Crippen molar-refractivity contribution in [2.75, 3.05) is 26.2 Å². The smallest absolute Gasteiger partial charge is 0.0549 e. The lowest BCUT2D eigenvalue weighted by Gasteiger charge is -2.42. The normalized spacial score (nSPS) is 20.5. The van der Waals surface area contributed by atoms with E-state index in [2.05, 4.69) is 60.9 Å². The fourth-order valence-corrected chi connectivity index (χ4v) is 2.88. The van der Waals surface area contributed by atoms with Gasteiger partial charge in [0, 0.05) is 45.1 Å². The molecule has 3 nitrogen and oxygen atoms in total. The molecule has 2 heterocycles. The van der Waals surface area contributed by atoms with Crippen molar-refractivity contribution in [2.24, 2.45) is 12.5 Å². The summed E-state index contributed by atoms with van der Waals surface area (Å²) in [4.78, 5) is 2.62. The highest BCUT2D eigenvalue weighted by Gasteiger charge is 2.33. The predicted octanol–water partition coefficient (Wildman–Crippen LogP) is 2.02. The number of hydrogen-bond donors (Lipinski definition) is 1. The van der Waals surface area contributed by atoms with Crippen LogP contribution in [0.2, 0.25) is 0 Å². The average molecular weight is 235 g/mol. The van der Waals surface area contributed by atoms with Gasteiger partial charge in [0.15, 0.2) is 0 Å². The largest absolute Gasteiger partial charge is 0.353 e. The zero-order valence-electron chi connectivity index (χ0n) is 11.5. The lowest BCUT2D eigenvalue weighted by molar-refractivity contribution is 0.0810. The van der Waals surface area contributed by atoms with Crippen molar-refractivity contribution >= 4 is 0 Å². The van der Waals surface area contributed by atoms with Crippen molar-refractivity contribution in [1.82, 2.24) is 14.8 Å². The van der Waals surface area contributed by atoms with Crippen molar-refractivity contribution in [3.8, 4) is 0 Å². The summed E-state index contributed by atoms with van der Waals surface area (Å²) in [6, 6.07) is 4.92. The maximum atomic E-state index is 3.43. The SMILES string of the molecule is Cn1cccc1[C@H](N1CCNCC1)C(C)(C)C. The lowest BCUT2D eigenvalue weighted by Crippen LogP contribution is -2.48. The Bertz CT molecular complexity index is 356. The van der Waals surface area contributed by atoms with Gasteiger partial charge in [-0.2, -0.15) is 0 Å². The van der Waals surface area contributed by atoms with E-state index in [-0.39, 0.29) is 5.41 Å². The van der Waals surface area contributed by atoms with E-state index in [1.807, 2.05) is 0 Å². The number of rotatable bonds is 2. The van der Waals surface area contributed by atoms with Gasteiger partial charge in [-0.05, 0) is 17.5 Å². The number of nitrogens with zero attached hydrogens (tertiary/aromatic N) is 2. The molecular formula is C14H25N3. The van der Waals surface area contributed by atoms with Gasteiger partial charge >= 0.3 is 0 Å². The summed E-state index contributed by atoms with van der Waals surface area (Å²) in [7, 11) is 2.15. The Hall–Kier alpha value is -0.800. The molecule has 1 fully saturated rings. The molecule has 17 heavy (non-hydrogen) atoms. The van der Waals surface area contributed by atoms with E-state index in [0.717, 1.165) is 26.2 Å². The van der Waals surface area contributed by atoms with E-state index in [1.54, 1.807) is 0 Å². The highest BCUT2D eigenvalue weighted by atomic mass is 15.2. The second-order valence-electron chi connectivity index (χ2n) is 6.10. The fraction of sp³-hybridized carbons (Fsp3) is 0.714. The fourth-order valence-electron chi connectivity index (χ4n) is 2.88. The molecule has 0 unspecified atom stereocenters. The van der Waals surface area contributed by atoms with Crippen molar-refractivity contribution < 1.29 is 0 Å². The Morgan fingerprint density at radius 2 is 1.88 bits per heavy atom. The first-order valence-electron chi connectivity index (χ1n) is 6.56. The second-order valence-corrected chi connectivity index (χ2v) is 6.10. The summed E-state index contributed by atoms with van der Waals surface area (Å²) in [5.41, 5.74) is 1.70. The first-order valence-corrected chi connectivity index (χ1v) is 6.56. The number of piperazine rings is 1. The van der Waals surface area contributed by atoms with E-state index >= 15 is 0 Å². The van der Waals surface area contributed by atoms with Gasteiger partial charge in [-0.1, -0.05) is 20.8 Å². The van der Waals surface area contributed by atoms with Crippen molar-refractivity contribution in [2.45, 2.75) is 26.8 Å². The highest BCUT2D eigenvalue weighted by molar-refractivity contribution is 5.15. The molecule has 1 aromatic rings. The summed E-state index contributed by atoms with van der Waals surface area (Å²) >= 11 is 0. The Morgan fingerprint density at radius 3 is 2.35 bits per heavy atom. The van der Waals surface area contributed by atoms with Crippen LogP contribution in [0.3, 0.4) is 0 Å². The van der Waals surface area contributed by atoms with E-state index in [9.17, 15) is 0 Å². The summed E-state index contributed by atoms with van der Waals surface area (Å²) in [5.74, 6) is 0. The Morgan fingerprint density at radius 1 is 1.24 bits per heavy atom. The molecule has 0 saturated carbocycles. The molecule has 1 saturated heterocycles. The molecule has 0 aromatic carbocycles. The molecule has 0 spiro atoms. The van der Waals surface area contributed by atoms with Crippen LogP contribution in [0, 0.1) is 5.41 Å². The molecule has 1 aliphatic rings. The van der Waals surface area contributed by atoms with Crippen LogP contribution in [-0.4, -0.2) is 35.6 Å². The molecular weight excluding hydrogens is 210 g/mol. The predicted molar refractivity (Wildman–Crippen MR) is 72.1 cm³/mol. The summed E-state index contributed by atoms with van der Waals surface area (Å²) in [6.07, 6.45) is 2.15. The zero-order chi connectivity index (χ0) is 12.5. The second kappa shape index (κ2) is 4.83. The van der Waals surface area contributed by atoms with Gasteiger partial charge in [-0.15, -0.1) is 0 Å². The van der Waals surface area contributed by atoms with Crippen LogP contribution >= 0.6 is 0 Å². The van der Waals surface area contributed by atoms with Gasteiger partial charge in [0.05, 0.1) is 6.04 Å². The average Bonchev–Trinajstić information content (AvgIpc) is 2.65. The molecule has 0 bridgehead atoms. The van der Waals surface area contributed by atoms with Crippen LogP contribution in [0.1, 0.15) is 32.5 Å². The molecule has 1 aliphatic heterocycles. The Labute approximate surface area is 105 Å². The van der Waals surface area contributed by atoms with Gasteiger partial charge in [-0.3, -0.25) is 4.90 Å². The first-order chi connectivity index (χ1) is 8.00. The van der Waals surface area contributed by atoms with Crippen LogP contribution in [0.5, 0.6) is 0 Å². The van der Waals surface area contributed by atoms with E-state index < -0.39 is 0 Å². The molecule has 0 aliphatic carbocycles. The minimum Gasteiger partial charge on any atom is -0.353 e. The van der Waals surface area contributed by atoms with Crippen LogP contribution in [0.25, 0.3) is 0 Å². The van der Waals surface area contributed by atoms with Crippen LogP contribution < -0.4 is 5.32 Å². The summed E-state index contributed by atoms with van der Waals surface area (Å²) in [6.45, 7) is 11.5. The van der Waals surface area contributed by atoms with Crippen molar-refractivity contribution in [3.05, 3.63) is 24.0 Å². The standard InChI is InChI=1S/C14H25N3/c1-14(2,3)13(12-6-5-9-16(12)4)17-10-7-15-8-11-17/h5-6,9,13,15H,7-8,10-11H2,1-4H3/t13-/m0/s1. The molecule has 1 aromatic heterocycles. The topological polar surface area (TPSA) is 20.2 Å². The number of aryl methyl sites for hydroxylation is 1. The molecule has 96 valence electrons. The van der Waals surface area contributed by atoms with E-state index in [4.69, 9.17) is 0 Å². The van der Waals surface area contributed by atoms with Gasteiger partial charge < -0.3 is 9.88 Å². The minimum atomic E-state index is 0.267. The quantitative estimate of drug-likeness (QED) is 0.846. The van der Waals surface area contributed by atoms with Gasteiger partial charge in [0.25, 0.3) is 0 Å². The number of hydrogen-bond acceptors (Lipinski definition) is 2. The highest BCUT2D eigenvalue weighted by Crippen LogP contribution is 2.37. The maximum absolute atomic E-state index is 3.43. The van der Waals surface area contributed by atoms with Crippen molar-refractivity contribution in [3.63, 3.8) is 0 Å².